The molecule has 1 aromatic carbocycles. The fourth-order valence-corrected chi connectivity index (χ4v) is 5.34. The van der Waals surface area contributed by atoms with Crippen molar-refractivity contribution in [1.29, 1.82) is 10.5 Å². The Hall–Kier alpha value is -2.37. The van der Waals surface area contributed by atoms with Crippen LogP contribution in [0.15, 0.2) is 35.2 Å². The molecule has 1 atom stereocenters. The van der Waals surface area contributed by atoms with Gasteiger partial charge in [-0.15, -0.1) is 11.8 Å². The molecule has 0 saturated heterocycles. The lowest BCUT2D eigenvalue weighted by Crippen LogP contribution is -2.56. The molecule has 0 fully saturated rings. The molecule has 0 radical (unpaired) electrons. The van der Waals surface area contributed by atoms with Gasteiger partial charge in [-0.3, -0.25) is 0 Å². The van der Waals surface area contributed by atoms with Crippen molar-refractivity contribution < 1.29 is 8.42 Å². The molecule has 0 amide bonds. The lowest BCUT2D eigenvalue weighted by molar-refractivity contribution is 0.517. The standard InChI is InChI=1S/C17H17ClN6O2S2/c1-11-8-12(2)22-16(21-11)23-17(27-3,13(9-19)10-20)24-28(25,26)15-7-5-4-6-14(15)18/h4-8,13,24H,1-3H3,(H,21,22,23). The minimum atomic E-state index is -4.19. The summed E-state index contributed by atoms with van der Waals surface area (Å²) in [4.78, 5) is 6.52. The summed E-state index contributed by atoms with van der Waals surface area (Å²) < 4.78 is 28.4. The molecule has 1 unspecified atom stereocenters. The van der Waals surface area contributed by atoms with E-state index in [2.05, 4.69) is 20.0 Å². The quantitative estimate of drug-likeness (QED) is 0.633. The Morgan fingerprint density at radius 1 is 1.18 bits per heavy atom. The second-order valence-electron chi connectivity index (χ2n) is 5.77. The molecule has 28 heavy (non-hydrogen) atoms. The molecule has 0 aliphatic carbocycles. The number of benzene rings is 1. The van der Waals surface area contributed by atoms with Gasteiger partial charge in [-0.2, -0.15) is 15.2 Å². The maximum Gasteiger partial charge on any atom is 0.244 e. The number of hydrogen-bond acceptors (Lipinski definition) is 8. The highest BCUT2D eigenvalue weighted by Gasteiger charge is 2.44. The van der Waals surface area contributed by atoms with E-state index < -0.39 is 20.9 Å². The van der Waals surface area contributed by atoms with Crippen molar-refractivity contribution in [3.05, 3.63) is 46.7 Å². The van der Waals surface area contributed by atoms with E-state index in [1.54, 1.807) is 32.2 Å². The van der Waals surface area contributed by atoms with Gasteiger partial charge in [0.25, 0.3) is 0 Å². The minimum Gasteiger partial charge on any atom is -0.325 e. The monoisotopic (exact) mass is 436 g/mol. The van der Waals surface area contributed by atoms with E-state index in [0.717, 1.165) is 11.8 Å². The van der Waals surface area contributed by atoms with Crippen molar-refractivity contribution in [3.63, 3.8) is 0 Å². The van der Waals surface area contributed by atoms with Gasteiger partial charge < -0.3 is 5.32 Å². The van der Waals surface area contributed by atoms with Crippen molar-refractivity contribution in [2.75, 3.05) is 11.6 Å². The maximum atomic E-state index is 13.0. The number of aromatic nitrogens is 2. The van der Waals surface area contributed by atoms with E-state index in [1.165, 1.54) is 18.2 Å². The average molecular weight is 437 g/mol. The highest BCUT2D eigenvalue weighted by molar-refractivity contribution is 8.01. The smallest absolute Gasteiger partial charge is 0.244 e. The Labute approximate surface area is 173 Å². The van der Waals surface area contributed by atoms with Gasteiger partial charge in [-0.25, -0.2) is 18.4 Å². The first-order chi connectivity index (χ1) is 13.2. The van der Waals surface area contributed by atoms with Gasteiger partial charge in [0.1, 0.15) is 4.90 Å². The molecular formula is C17H17ClN6O2S2. The molecule has 1 aromatic heterocycles. The van der Waals surface area contributed by atoms with Crippen LogP contribution >= 0.6 is 23.4 Å². The number of rotatable bonds is 7. The van der Waals surface area contributed by atoms with E-state index in [1.807, 2.05) is 12.1 Å². The van der Waals surface area contributed by atoms with Crippen molar-refractivity contribution in [2.24, 2.45) is 5.92 Å². The molecule has 146 valence electrons. The fourth-order valence-electron chi connectivity index (χ4n) is 2.44. The molecule has 2 aromatic rings. The Bertz CT molecular complexity index is 1030. The van der Waals surface area contributed by atoms with Crippen LogP contribution in [0.25, 0.3) is 0 Å². The fraction of sp³-hybridized carbons (Fsp3) is 0.294. The molecule has 8 nitrogen and oxygen atoms in total. The van der Waals surface area contributed by atoms with Crippen LogP contribution in [0.5, 0.6) is 0 Å². The molecule has 11 heteroatoms. The van der Waals surface area contributed by atoms with Crippen molar-refractivity contribution in [2.45, 2.75) is 23.7 Å². The third-order valence-corrected chi connectivity index (χ3v) is 6.86. The van der Waals surface area contributed by atoms with E-state index in [-0.39, 0.29) is 15.9 Å². The van der Waals surface area contributed by atoms with Crippen LogP contribution < -0.4 is 10.0 Å². The SMILES string of the molecule is CSC(Nc1nc(C)cc(C)n1)(NS(=O)(=O)c1ccccc1Cl)C(C#N)C#N. The van der Waals surface area contributed by atoms with Gasteiger partial charge in [-0.05, 0) is 38.3 Å². The second-order valence-corrected chi connectivity index (χ2v) is 8.88. The zero-order chi connectivity index (χ0) is 20.9. The number of anilines is 1. The molecule has 0 aliphatic rings. The van der Waals surface area contributed by atoms with Crippen LogP contribution in [-0.4, -0.2) is 29.6 Å². The first-order valence-electron chi connectivity index (χ1n) is 7.91. The zero-order valence-electron chi connectivity index (χ0n) is 15.3. The molecule has 0 bridgehead atoms. The topological polar surface area (TPSA) is 132 Å². The predicted molar refractivity (Wildman–Crippen MR) is 108 cm³/mol. The number of halogens is 1. The van der Waals surface area contributed by atoms with Gasteiger partial charge >= 0.3 is 0 Å². The third kappa shape index (κ3) is 4.72. The van der Waals surface area contributed by atoms with Gasteiger partial charge in [-0.1, -0.05) is 23.7 Å². The Morgan fingerprint density at radius 2 is 1.75 bits per heavy atom. The average Bonchev–Trinajstić information content (AvgIpc) is 2.61. The number of thioether (sulfide) groups is 1. The van der Waals surface area contributed by atoms with E-state index in [0.29, 0.717) is 11.4 Å². The first kappa shape index (κ1) is 21.9. The summed E-state index contributed by atoms with van der Waals surface area (Å²) in [5, 5.41) is 21.8. The van der Waals surface area contributed by atoms with Crippen LogP contribution in [-0.2, 0) is 10.0 Å². The lowest BCUT2D eigenvalue weighted by Gasteiger charge is -2.34. The van der Waals surface area contributed by atoms with Crippen LogP contribution in [0.1, 0.15) is 11.4 Å². The predicted octanol–water partition coefficient (Wildman–Crippen LogP) is 2.82. The zero-order valence-corrected chi connectivity index (χ0v) is 17.7. The highest BCUT2D eigenvalue weighted by Crippen LogP contribution is 2.32. The van der Waals surface area contributed by atoms with Crippen molar-refractivity contribution >= 4 is 39.3 Å². The number of aryl methyl sites for hydroxylation is 2. The molecule has 0 saturated carbocycles. The van der Waals surface area contributed by atoms with Gasteiger partial charge in [0.15, 0.2) is 10.9 Å². The van der Waals surface area contributed by atoms with Crippen LogP contribution in [0.4, 0.5) is 5.95 Å². The normalized spacial score (nSPS) is 13.4. The number of sulfonamides is 1. The van der Waals surface area contributed by atoms with Crippen LogP contribution in [0.3, 0.4) is 0 Å². The summed E-state index contributed by atoms with van der Waals surface area (Å²) >= 11 is 6.97. The van der Waals surface area contributed by atoms with Crippen molar-refractivity contribution in [3.8, 4) is 12.1 Å². The van der Waals surface area contributed by atoms with Gasteiger partial charge in [0.2, 0.25) is 16.0 Å². The van der Waals surface area contributed by atoms with Gasteiger partial charge in [0, 0.05) is 11.4 Å². The molecule has 2 rings (SSSR count). The third-order valence-electron chi connectivity index (χ3n) is 3.68. The summed E-state index contributed by atoms with van der Waals surface area (Å²) in [6.45, 7) is 3.50. The summed E-state index contributed by atoms with van der Waals surface area (Å²) in [5.74, 6) is -1.31. The molecule has 1 heterocycles. The number of nitrogens with zero attached hydrogens (tertiary/aromatic N) is 4. The largest absolute Gasteiger partial charge is 0.325 e. The van der Waals surface area contributed by atoms with Gasteiger partial charge in [0.05, 0.1) is 17.2 Å². The van der Waals surface area contributed by atoms with E-state index in [4.69, 9.17) is 11.6 Å². The summed E-state index contributed by atoms with van der Waals surface area (Å²) in [6, 6.07) is 11.3. The molecule has 0 aliphatic heterocycles. The summed E-state index contributed by atoms with van der Waals surface area (Å²) in [7, 11) is -4.19. The lowest BCUT2D eigenvalue weighted by atomic mass is 10.1. The maximum absolute atomic E-state index is 13.0. The number of nitrogens with one attached hydrogen (secondary N) is 2. The van der Waals surface area contributed by atoms with Crippen molar-refractivity contribution in [1.82, 2.24) is 14.7 Å². The number of hydrogen-bond donors (Lipinski definition) is 2. The van der Waals surface area contributed by atoms with E-state index in [9.17, 15) is 18.9 Å². The molecular weight excluding hydrogens is 420 g/mol. The Kier molecular flexibility index (Phi) is 6.86. The summed E-state index contributed by atoms with van der Waals surface area (Å²) in [5.41, 5.74) is 1.29. The first-order valence-corrected chi connectivity index (χ1v) is 11.0. The second kappa shape index (κ2) is 8.76. The number of nitriles is 2. The van der Waals surface area contributed by atoms with Crippen LogP contribution in [0, 0.1) is 42.4 Å². The van der Waals surface area contributed by atoms with Crippen LogP contribution in [0.2, 0.25) is 5.02 Å². The molecule has 2 N–H and O–H groups in total. The Balaban J connectivity index is 2.57. The van der Waals surface area contributed by atoms with E-state index >= 15 is 0 Å². The highest BCUT2D eigenvalue weighted by atomic mass is 35.5. The molecule has 0 spiro atoms. The summed E-state index contributed by atoms with van der Waals surface area (Å²) in [6.07, 6.45) is 1.56. The minimum absolute atomic E-state index is 0.0121. The Morgan fingerprint density at radius 3 is 2.25 bits per heavy atom.